The maximum absolute atomic E-state index is 11.2. The molecule has 0 radical (unpaired) electrons. The quantitative estimate of drug-likeness (QED) is 0.891. The predicted octanol–water partition coefficient (Wildman–Crippen LogP) is 3.23. The summed E-state index contributed by atoms with van der Waals surface area (Å²) >= 11 is 0. The molecule has 2 unspecified atom stereocenters. The summed E-state index contributed by atoms with van der Waals surface area (Å²) in [6.45, 7) is 4.19. The molecular formula is C15H22N2O3. The number of rotatable bonds is 3. The zero-order chi connectivity index (χ0) is 14.5. The molecule has 2 atom stereocenters. The molecule has 1 aromatic carbocycles. The van der Waals surface area contributed by atoms with Crippen LogP contribution in [0.2, 0.25) is 0 Å². The Morgan fingerprint density at radius 1 is 1.25 bits per heavy atom. The van der Waals surface area contributed by atoms with Gasteiger partial charge in [0.2, 0.25) is 0 Å². The van der Waals surface area contributed by atoms with E-state index in [1.54, 1.807) is 0 Å². The highest BCUT2D eigenvalue weighted by Gasteiger charge is 2.24. The van der Waals surface area contributed by atoms with Gasteiger partial charge >= 0.3 is 6.09 Å². The van der Waals surface area contributed by atoms with Crippen LogP contribution in [0, 0.1) is 0 Å². The van der Waals surface area contributed by atoms with Gasteiger partial charge in [-0.2, -0.15) is 0 Å². The van der Waals surface area contributed by atoms with Gasteiger partial charge in [-0.25, -0.2) is 4.79 Å². The molecule has 1 saturated heterocycles. The van der Waals surface area contributed by atoms with Gasteiger partial charge in [-0.3, -0.25) is 5.32 Å². The molecule has 0 bridgehead atoms. The molecule has 5 heteroatoms. The van der Waals surface area contributed by atoms with Crippen LogP contribution in [0.1, 0.15) is 26.7 Å². The lowest BCUT2D eigenvalue weighted by Gasteiger charge is -2.33. The highest BCUT2D eigenvalue weighted by molar-refractivity contribution is 5.85. The molecular weight excluding hydrogens is 256 g/mol. The van der Waals surface area contributed by atoms with Crippen LogP contribution in [-0.2, 0) is 9.47 Å². The highest BCUT2D eigenvalue weighted by atomic mass is 16.5. The molecule has 0 aliphatic carbocycles. The lowest BCUT2D eigenvalue weighted by molar-refractivity contribution is -0.0337. The monoisotopic (exact) mass is 278 g/mol. The van der Waals surface area contributed by atoms with Gasteiger partial charge in [0.25, 0.3) is 0 Å². The Morgan fingerprint density at radius 3 is 2.55 bits per heavy atom. The van der Waals surface area contributed by atoms with E-state index in [9.17, 15) is 4.79 Å². The van der Waals surface area contributed by atoms with Gasteiger partial charge in [0.15, 0.2) is 0 Å². The molecule has 1 fully saturated rings. The van der Waals surface area contributed by atoms with Crippen LogP contribution in [0.15, 0.2) is 24.3 Å². The van der Waals surface area contributed by atoms with E-state index in [4.69, 9.17) is 4.74 Å². The van der Waals surface area contributed by atoms with Crippen molar-refractivity contribution in [2.75, 3.05) is 17.7 Å². The van der Waals surface area contributed by atoms with E-state index in [-0.39, 0.29) is 12.2 Å². The second-order valence-corrected chi connectivity index (χ2v) is 5.27. The number of methoxy groups -OCH3 is 1. The van der Waals surface area contributed by atoms with Crippen LogP contribution in [0.5, 0.6) is 0 Å². The summed E-state index contributed by atoms with van der Waals surface area (Å²) in [5, 5.41) is 6.16. The third-order valence-electron chi connectivity index (χ3n) is 3.36. The molecule has 110 valence electrons. The highest BCUT2D eigenvalue weighted by Crippen LogP contribution is 2.24. The van der Waals surface area contributed by atoms with Crippen LogP contribution in [0.25, 0.3) is 0 Å². The first kappa shape index (κ1) is 14.7. The maximum atomic E-state index is 11.2. The SMILES string of the molecule is COC(=O)Nc1cccc(NC2CC(C)OC(C)C2)c1. The number of amides is 1. The van der Waals surface area contributed by atoms with Crippen LogP contribution in [0.4, 0.5) is 16.2 Å². The number of carbonyl (C=O) groups excluding carboxylic acids is 1. The average Bonchev–Trinajstić information content (AvgIpc) is 2.37. The standard InChI is InChI=1S/C15H22N2O3/c1-10-7-14(8-11(2)20-10)16-12-5-4-6-13(9-12)17-15(18)19-3/h4-6,9-11,14,16H,7-8H2,1-3H3,(H,17,18). The number of carbonyl (C=O) groups is 1. The fourth-order valence-corrected chi connectivity index (χ4v) is 2.61. The second-order valence-electron chi connectivity index (χ2n) is 5.27. The molecule has 2 rings (SSSR count). The average molecular weight is 278 g/mol. The fourth-order valence-electron chi connectivity index (χ4n) is 2.61. The summed E-state index contributed by atoms with van der Waals surface area (Å²) in [5.41, 5.74) is 1.71. The number of benzene rings is 1. The van der Waals surface area contributed by atoms with Crippen LogP contribution >= 0.6 is 0 Å². The van der Waals surface area contributed by atoms with Gasteiger partial charge in [-0.1, -0.05) is 6.07 Å². The van der Waals surface area contributed by atoms with Crippen molar-refractivity contribution in [3.05, 3.63) is 24.3 Å². The third kappa shape index (κ3) is 4.13. The molecule has 0 saturated carbocycles. The van der Waals surface area contributed by atoms with E-state index in [0.717, 1.165) is 24.2 Å². The van der Waals surface area contributed by atoms with E-state index in [0.29, 0.717) is 6.04 Å². The molecule has 1 aromatic rings. The van der Waals surface area contributed by atoms with Crippen molar-refractivity contribution in [3.8, 4) is 0 Å². The Hall–Kier alpha value is -1.75. The van der Waals surface area contributed by atoms with Crippen LogP contribution in [-0.4, -0.2) is 31.5 Å². The lowest BCUT2D eigenvalue weighted by Crippen LogP contribution is -2.36. The molecule has 20 heavy (non-hydrogen) atoms. The third-order valence-corrected chi connectivity index (χ3v) is 3.36. The first-order valence-electron chi connectivity index (χ1n) is 6.94. The summed E-state index contributed by atoms with van der Waals surface area (Å²) in [7, 11) is 1.35. The first-order chi connectivity index (χ1) is 9.56. The molecule has 1 heterocycles. The Kier molecular flexibility index (Phi) is 4.84. The van der Waals surface area contributed by atoms with Gasteiger partial charge in [-0.05, 0) is 44.9 Å². The topological polar surface area (TPSA) is 59.6 Å². The molecule has 1 amide bonds. The van der Waals surface area contributed by atoms with Crippen molar-refractivity contribution in [1.29, 1.82) is 0 Å². The number of nitrogens with one attached hydrogen (secondary N) is 2. The van der Waals surface area contributed by atoms with E-state index < -0.39 is 6.09 Å². The largest absolute Gasteiger partial charge is 0.453 e. The smallest absolute Gasteiger partial charge is 0.411 e. The van der Waals surface area contributed by atoms with Crippen molar-refractivity contribution >= 4 is 17.5 Å². The number of anilines is 2. The van der Waals surface area contributed by atoms with Crippen molar-refractivity contribution in [2.45, 2.75) is 44.9 Å². The summed E-state index contributed by atoms with van der Waals surface area (Å²) < 4.78 is 10.3. The van der Waals surface area contributed by atoms with Gasteiger partial charge in [0, 0.05) is 17.4 Å². The van der Waals surface area contributed by atoms with Gasteiger partial charge < -0.3 is 14.8 Å². The summed E-state index contributed by atoms with van der Waals surface area (Å²) in [4.78, 5) is 11.2. The summed E-state index contributed by atoms with van der Waals surface area (Å²) in [6.07, 6.45) is 2.05. The lowest BCUT2D eigenvalue weighted by atomic mass is 9.99. The van der Waals surface area contributed by atoms with Crippen LogP contribution < -0.4 is 10.6 Å². The maximum Gasteiger partial charge on any atom is 0.411 e. The summed E-state index contributed by atoms with van der Waals surface area (Å²) in [6, 6.07) is 8.02. The Labute approximate surface area is 119 Å². The minimum absolute atomic E-state index is 0.271. The van der Waals surface area contributed by atoms with Crippen molar-refractivity contribution < 1.29 is 14.3 Å². The molecule has 1 aliphatic rings. The van der Waals surface area contributed by atoms with Gasteiger partial charge in [0.05, 0.1) is 19.3 Å². The predicted molar refractivity (Wildman–Crippen MR) is 79.1 cm³/mol. The minimum atomic E-state index is -0.463. The normalized spacial score (nSPS) is 25.9. The Bertz CT molecular complexity index is 454. The Morgan fingerprint density at radius 2 is 1.90 bits per heavy atom. The van der Waals surface area contributed by atoms with E-state index >= 15 is 0 Å². The van der Waals surface area contributed by atoms with E-state index in [2.05, 4.69) is 29.2 Å². The Balaban J connectivity index is 1.98. The van der Waals surface area contributed by atoms with E-state index in [1.807, 2.05) is 24.3 Å². The zero-order valence-corrected chi connectivity index (χ0v) is 12.2. The fraction of sp³-hybridized carbons (Fsp3) is 0.533. The summed E-state index contributed by atoms with van der Waals surface area (Å²) in [5.74, 6) is 0. The first-order valence-corrected chi connectivity index (χ1v) is 6.94. The van der Waals surface area contributed by atoms with Crippen LogP contribution in [0.3, 0.4) is 0 Å². The van der Waals surface area contributed by atoms with E-state index in [1.165, 1.54) is 7.11 Å². The molecule has 2 N–H and O–H groups in total. The molecule has 5 nitrogen and oxygen atoms in total. The number of hydrogen-bond donors (Lipinski definition) is 2. The van der Waals surface area contributed by atoms with Gasteiger partial charge in [0.1, 0.15) is 0 Å². The second kappa shape index (κ2) is 6.61. The van der Waals surface area contributed by atoms with Crippen molar-refractivity contribution in [1.82, 2.24) is 0 Å². The van der Waals surface area contributed by atoms with Crippen molar-refractivity contribution in [2.24, 2.45) is 0 Å². The number of hydrogen-bond acceptors (Lipinski definition) is 4. The van der Waals surface area contributed by atoms with Gasteiger partial charge in [-0.15, -0.1) is 0 Å². The van der Waals surface area contributed by atoms with Crippen molar-refractivity contribution in [3.63, 3.8) is 0 Å². The zero-order valence-electron chi connectivity index (χ0n) is 12.2. The molecule has 0 aromatic heterocycles. The molecule has 0 spiro atoms. The number of ether oxygens (including phenoxy) is 2. The molecule has 1 aliphatic heterocycles. The minimum Gasteiger partial charge on any atom is -0.453 e.